The first-order valence-electron chi connectivity index (χ1n) is 7.37. The lowest BCUT2D eigenvalue weighted by molar-refractivity contribution is -0.192. The number of rotatable bonds is 2. The van der Waals surface area contributed by atoms with Crippen LogP contribution in [0.1, 0.15) is 24.7 Å². The lowest BCUT2D eigenvalue weighted by Gasteiger charge is -2.18. The Hall–Kier alpha value is -2.49. The lowest BCUT2D eigenvalue weighted by atomic mass is 9.98. The molecule has 0 unspecified atom stereocenters. The zero-order valence-electron chi connectivity index (χ0n) is 12.9. The molecule has 1 aliphatic heterocycles. The van der Waals surface area contributed by atoms with Gasteiger partial charge in [-0.25, -0.2) is 9.18 Å². The Kier molecular flexibility index (Phi) is 6.07. The highest BCUT2D eigenvalue weighted by atomic mass is 19.4. The van der Waals surface area contributed by atoms with Crippen LogP contribution in [0.4, 0.5) is 17.6 Å². The molecule has 0 atom stereocenters. The molecular weight excluding hydrogens is 346 g/mol. The molecular formula is C15H15F4N3O3. The van der Waals surface area contributed by atoms with Crippen molar-refractivity contribution in [1.29, 1.82) is 0 Å². The molecule has 1 aromatic heterocycles. The van der Waals surface area contributed by atoms with E-state index in [1.165, 1.54) is 12.1 Å². The fraction of sp³-hybridized carbons (Fsp3) is 0.400. The van der Waals surface area contributed by atoms with Crippen molar-refractivity contribution in [2.24, 2.45) is 0 Å². The quantitative estimate of drug-likeness (QED) is 0.800. The van der Waals surface area contributed by atoms with Gasteiger partial charge in [0.2, 0.25) is 11.8 Å². The summed E-state index contributed by atoms with van der Waals surface area (Å²) in [5, 5.41) is 18.5. The Labute approximate surface area is 139 Å². The molecule has 0 aliphatic carbocycles. The Morgan fingerprint density at radius 1 is 1.24 bits per heavy atom. The fourth-order valence-corrected chi connectivity index (χ4v) is 2.21. The number of aliphatic carboxylic acids is 1. The van der Waals surface area contributed by atoms with Gasteiger partial charge in [-0.1, -0.05) is 6.07 Å². The van der Waals surface area contributed by atoms with Gasteiger partial charge >= 0.3 is 12.1 Å². The summed E-state index contributed by atoms with van der Waals surface area (Å²) < 4.78 is 50.5. The first-order valence-corrected chi connectivity index (χ1v) is 7.37. The number of carbonyl (C=O) groups is 1. The molecule has 2 N–H and O–H groups in total. The van der Waals surface area contributed by atoms with Crippen LogP contribution in [0.25, 0.3) is 11.5 Å². The van der Waals surface area contributed by atoms with E-state index >= 15 is 0 Å². The first kappa shape index (κ1) is 18.8. The average molecular weight is 361 g/mol. The van der Waals surface area contributed by atoms with E-state index in [0.717, 1.165) is 25.9 Å². The monoisotopic (exact) mass is 361 g/mol. The average Bonchev–Trinajstić information content (AvgIpc) is 3.05. The zero-order valence-corrected chi connectivity index (χ0v) is 12.9. The van der Waals surface area contributed by atoms with Gasteiger partial charge in [0.1, 0.15) is 5.82 Å². The highest BCUT2D eigenvalue weighted by Gasteiger charge is 2.38. The number of halogens is 4. The minimum absolute atomic E-state index is 0.297. The second kappa shape index (κ2) is 8.06. The molecule has 136 valence electrons. The van der Waals surface area contributed by atoms with Crippen LogP contribution in [0.3, 0.4) is 0 Å². The van der Waals surface area contributed by atoms with E-state index in [-0.39, 0.29) is 5.82 Å². The Morgan fingerprint density at radius 2 is 1.88 bits per heavy atom. The van der Waals surface area contributed by atoms with Crippen LogP contribution in [0.15, 0.2) is 28.7 Å². The maximum absolute atomic E-state index is 13.1. The molecule has 1 aliphatic rings. The molecule has 0 spiro atoms. The molecule has 1 aromatic carbocycles. The van der Waals surface area contributed by atoms with Gasteiger partial charge in [0.25, 0.3) is 0 Å². The van der Waals surface area contributed by atoms with Crippen molar-refractivity contribution >= 4 is 5.97 Å². The normalized spacial score (nSPS) is 15.4. The Morgan fingerprint density at radius 3 is 2.44 bits per heavy atom. The second-order valence-electron chi connectivity index (χ2n) is 5.28. The third kappa shape index (κ3) is 5.52. The van der Waals surface area contributed by atoms with Crippen LogP contribution < -0.4 is 5.32 Å². The van der Waals surface area contributed by atoms with Crippen LogP contribution in [0, 0.1) is 5.82 Å². The van der Waals surface area contributed by atoms with Gasteiger partial charge in [-0.2, -0.15) is 13.2 Å². The number of hydrogen-bond acceptors (Lipinski definition) is 5. The van der Waals surface area contributed by atoms with Crippen molar-refractivity contribution in [2.75, 3.05) is 13.1 Å². The van der Waals surface area contributed by atoms with Crippen molar-refractivity contribution in [3.8, 4) is 11.5 Å². The number of carboxylic acids is 1. The number of nitrogens with one attached hydrogen (secondary N) is 1. The Balaban J connectivity index is 0.000000277. The summed E-state index contributed by atoms with van der Waals surface area (Å²) in [6.45, 7) is 1.95. The molecule has 0 saturated carbocycles. The van der Waals surface area contributed by atoms with E-state index in [2.05, 4.69) is 15.5 Å². The van der Waals surface area contributed by atoms with Gasteiger partial charge in [0.05, 0.1) is 0 Å². The molecule has 1 saturated heterocycles. The molecule has 25 heavy (non-hydrogen) atoms. The lowest BCUT2D eigenvalue weighted by Crippen LogP contribution is -2.26. The minimum Gasteiger partial charge on any atom is -0.475 e. The Bertz CT molecular complexity index is 712. The van der Waals surface area contributed by atoms with Gasteiger partial charge in [0.15, 0.2) is 0 Å². The SMILES string of the molecule is Fc1cccc(-c2nnc(C3CCNCC3)o2)c1.O=C(O)C(F)(F)F. The first-order chi connectivity index (χ1) is 11.8. The number of aromatic nitrogens is 2. The number of piperidine rings is 1. The topological polar surface area (TPSA) is 88.3 Å². The standard InChI is InChI=1S/C13H14FN3O.C2HF3O2/c14-11-3-1-2-10(8-11)13-17-16-12(18-13)9-4-6-15-7-5-9;3-2(4,5)1(6)7/h1-3,8-9,15H,4-7H2;(H,6,7). The van der Waals surface area contributed by atoms with Crippen LogP contribution in [0.2, 0.25) is 0 Å². The highest BCUT2D eigenvalue weighted by Crippen LogP contribution is 2.27. The van der Waals surface area contributed by atoms with Crippen LogP contribution in [0.5, 0.6) is 0 Å². The summed E-state index contributed by atoms with van der Waals surface area (Å²) >= 11 is 0. The predicted octanol–water partition coefficient (Wildman–Crippen LogP) is 2.98. The third-order valence-corrected chi connectivity index (χ3v) is 3.44. The molecule has 2 aromatic rings. The van der Waals surface area contributed by atoms with E-state index in [1.54, 1.807) is 12.1 Å². The minimum atomic E-state index is -5.08. The maximum Gasteiger partial charge on any atom is 0.490 e. The van der Waals surface area contributed by atoms with E-state index in [4.69, 9.17) is 14.3 Å². The molecule has 0 radical (unpaired) electrons. The van der Waals surface area contributed by atoms with Crippen molar-refractivity contribution < 1.29 is 31.9 Å². The molecule has 10 heteroatoms. The van der Waals surface area contributed by atoms with Gasteiger partial charge in [-0.05, 0) is 44.1 Å². The molecule has 3 rings (SSSR count). The molecule has 0 amide bonds. The van der Waals surface area contributed by atoms with Crippen LogP contribution in [-0.2, 0) is 4.79 Å². The summed E-state index contributed by atoms with van der Waals surface area (Å²) in [6, 6.07) is 6.20. The molecule has 1 fully saturated rings. The summed E-state index contributed by atoms with van der Waals surface area (Å²) in [4.78, 5) is 8.90. The molecule has 0 bridgehead atoms. The van der Waals surface area contributed by atoms with Crippen LogP contribution in [-0.4, -0.2) is 40.5 Å². The van der Waals surface area contributed by atoms with E-state index in [0.29, 0.717) is 23.3 Å². The van der Waals surface area contributed by atoms with Crippen molar-refractivity contribution in [2.45, 2.75) is 24.9 Å². The van der Waals surface area contributed by atoms with E-state index in [9.17, 15) is 17.6 Å². The number of benzene rings is 1. The predicted molar refractivity (Wildman–Crippen MR) is 78.2 cm³/mol. The van der Waals surface area contributed by atoms with Crippen molar-refractivity contribution in [3.63, 3.8) is 0 Å². The smallest absolute Gasteiger partial charge is 0.475 e. The van der Waals surface area contributed by atoms with Gasteiger partial charge in [-0.3, -0.25) is 0 Å². The van der Waals surface area contributed by atoms with E-state index < -0.39 is 12.1 Å². The number of carboxylic acid groups (broad SMARTS) is 1. The van der Waals surface area contributed by atoms with E-state index in [1.807, 2.05) is 0 Å². The van der Waals surface area contributed by atoms with Gasteiger partial charge in [0, 0.05) is 11.5 Å². The third-order valence-electron chi connectivity index (χ3n) is 3.44. The van der Waals surface area contributed by atoms with Crippen LogP contribution >= 0.6 is 0 Å². The molecule has 6 nitrogen and oxygen atoms in total. The molecule has 2 heterocycles. The van der Waals surface area contributed by atoms with Crippen molar-refractivity contribution in [1.82, 2.24) is 15.5 Å². The highest BCUT2D eigenvalue weighted by molar-refractivity contribution is 5.73. The number of alkyl halides is 3. The largest absolute Gasteiger partial charge is 0.490 e. The number of nitrogens with zero attached hydrogens (tertiary/aromatic N) is 2. The summed E-state index contributed by atoms with van der Waals surface area (Å²) in [7, 11) is 0. The number of hydrogen-bond donors (Lipinski definition) is 2. The summed E-state index contributed by atoms with van der Waals surface area (Å²) in [6.07, 6.45) is -3.07. The summed E-state index contributed by atoms with van der Waals surface area (Å²) in [5.74, 6) is -1.68. The zero-order chi connectivity index (χ0) is 18.4. The maximum atomic E-state index is 13.1. The summed E-state index contributed by atoms with van der Waals surface area (Å²) in [5.41, 5.74) is 0.627. The van der Waals surface area contributed by atoms with Crippen molar-refractivity contribution in [3.05, 3.63) is 36.0 Å². The van der Waals surface area contributed by atoms with Gasteiger partial charge in [-0.15, -0.1) is 10.2 Å². The fourth-order valence-electron chi connectivity index (χ4n) is 2.21. The van der Waals surface area contributed by atoms with Gasteiger partial charge < -0.3 is 14.8 Å². The second-order valence-corrected chi connectivity index (χ2v) is 5.28.